The molecule has 0 bridgehead atoms. The molecule has 11 heteroatoms. The fourth-order valence-corrected chi connectivity index (χ4v) is 10.5. The number of benzene rings is 1. The first-order valence-electron chi connectivity index (χ1n) is 16.3. The topological polar surface area (TPSA) is 127 Å². The molecule has 0 unspecified atom stereocenters. The molecule has 2 aromatic rings. The molecule has 2 fully saturated rings. The Morgan fingerprint density at radius 1 is 1.05 bits per heavy atom. The second-order valence-corrected chi connectivity index (χ2v) is 16.1. The first kappa shape index (κ1) is 31.1. The van der Waals surface area contributed by atoms with Gasteiger partial charge in [-0.25, -0.2) is 12.8 Å². The van der Waals surface area contributed by atoms with Gasteiger partial charge in [0.1, 0.15) is 5.82 Å². The van der Waals surface area contributed by atoms with Gasteiger partial charge in [-0.05, 0) is 106 Å². The number of likely N-dealkylation sites (tertiary alicyclic amines) is 1. The van der Waals surface area contributed by atoms with Gasteiger partial charge in [-0.3, -0.25) is 9.59 Å². The summed E-state index contributed by atoms with van der Waals surface area (Å²) in [6, 6.07) is 3.06. The molecule has 1 aromatic heterocycles. The standard InChI is InChI=1S/C33H46FN5O4S/c1-33(2)18-28-30(44(42,43)20-33)24-6-5-7-27(24)39(28)23-16-25(34)29(31(35)40)26(17-23)37-19-21-8-10-22(11-9-21)32(41)36-12-15-38-13-3-4-14-38/h16-17,21-22,37H,3-15,18-20H2,1-2H3,(H2,35,40)(H,36,41). The molecule has 2 aliphatic carbocycles. The molecule has 9 nitrogen and oxygen atoms in total. The number of amides is 2. The van der Waals surface area contributed by atoms with Crippen LogP contribution in [0.2, 0.25) is 0 Å². The van der Waals surface area contributed by atoms with Crippen molar-refractivity contribution in [1.29, 1.82) is 0 Å². The van der Waals surface area contributed by atoms with E-state index in [4.69, 9.17) is 5.73 Å². The zero-order chi connectivity index (χ0) is 31.2. The number of hydrogen-bond donors (Lipinski definition) is 3. The number of sulfone groups is 1. The van der Waals surface area contributed by atoms with Crippen molar-refractivity contribution in [2.24, 2.45) is 23.0 Å². The molecule has 4 N–H and O–H groups in total. The van der Waals surface area contributed by atoms with Gasteiger partial charge in [0.2, 0.25) is 5.91 Å². The third kappa shape index (κ3) is 6.14. The number of halogens is 1. The highest BCUT2D eigenvalue weighted by molar-refractivity contribution is 7.91. The van der Waals surface area contributed by atoms with E-state index >= 15 is 4.39 Å². The van der Waals surface area contributed by atoms with E-state index in [0.29, 0.717) is 47.9 Å². The van der Waals surface area contributed by atoms with Crippen molar-refractivity contribution < 1.29 is 22.4 Å². The number of nitrogens with two attached hydrogens (primary N) is 1. The highest BCUT2D eigenvalue weighted by Gasteiger charge is 2.42. The lowest BCUT2D eigenvalue weighted by Crippen LogP contribution is -2.38. The third-order valence-corrected chi connectivity index (χ3v) is 12.4. The summed E-state index contributed by atoms with van der Waals surface area (Å²) in [5.41, 5.74) is 8.33. The molecule has 1 aromatic carbocycles. The van der Waals surface area contributed by atoms with Crippen molar-refractivity contribution in [3.05, 3.63) is 40.5 Å². The minimum absolute atomic E-state index is 0.00863. The molecular weight excluding hydrogens is 581 g/mol. The van der Waals surface area contributed by atoms with Gasteiger partial charge in [0.15, 0.2) is 9.84 Å². The Bertz CT molecular complexity index is 1550. The Labute approximate surface area is 260 Å². The summed E-state index contributed by atoms with van der Waals surface area (Å²) in [5.74, 6) is -1.07. The van der Waals surface area contributed by atoms with Crippen LogP contribution in [0, 0.1) is 23.1 Å². The maximum atomic E-state index is 15.6. The number of hydrogen-bond acceptors (Lipinski definition) is 6. The molecule has 6 rings (SSSR count). The van der Waals surface area contributed by atoms with Crippen LogP contribution in [-0.4, -0.2) is 68.2 Å². The second-order valence-electron chi connectivity index (χ2n) is 14.1. The third-order valence-electron chi connectivity index (χ3n) is 10.1. The molecule has 240 valence electrons. The highest BCUT2D eigenvalue weighted by Crippen LogP contribution is 2.45. The normalized spacial score (nSPS) is 24.1. The molecule has 3 heterocycles. The number of primary amides is 1. The fraction of sp³-hybridized carbons (Fsp3) is 0.636. The Hall–Kier alpha value is -2.92. The van der Waals surface area contributed by atoms with E-state index in [0.717, 1.165) is 69.4 Å². The molecule has 2 aliphatic heterocycles. The number of rotatable bonds is 9. The predicted octanol–water partition coefficient (Wildman–Crippen LogP) is 3.99. The molecule has 0 atom stereocenters. The van der Waals surface area contributed by atoms with Crippen molar-refractivity contribution >= 4 is 27.3 Å². The van der Waals surface area contributed by atoms with Crippen molar-refractivity contribution in [3.8, 4) is 5.69 Å². The molecule has 44 heavy (non-hydrogen) atoms. The van der Waals surface area contributed by atoms with Crippen LogP contribution in [0.15, 0.2) is 17.0 Å². The van der Waals surface area contributed by atoms with Crippen molar-refractivity contribution in [3.63, 3.8) is 0 Å². The predicted molar refractivity (Wildman–Crippen MR) is 168 cm³/mol. The number of carbonyl (C=O) groups excluding carboxylic acids is 2. The summed E-state index contributed by atoms with van der Waals surface area (Å²) in [7, 11) is -3.48. The summed E-state index contributed by atoms with van der Waals surface area (Å²) in [4.78, 5) is 27.9. The van der Waals surface area contributed by atoms with Gasteiger partial charge in [-0.15, -0.1) is 0 Å². The van der Waals surface area contributed by atoms with Gasteiger partial charge in [0.25, 0.3) is 5.91 Å². The van der Waals surface area contributed by atoms with E-state index < -0.39 is 27.0 Å². The molecule has 0 radical (unpaired) electrons. The molecule has 0 spiro atoms. The first-order chi connectivity index (χ1) is 20.9. The van der Waals surface area contributed by atoms with Crippen LogP contribution in [0.25, 0.3) is 5.69 Å². The molecular formula is C33H46FN5O4S. The second kappa shape index (κ2) is 12.1. The average Bonchev–Trinajstić information content (AvgIpc) is 3.68. The van der Waals surface area contributed by atoms with E-state index in [1.165, 1.54) is 18.9 Å². The van der Waals surface area contributed by atoms with Gasteiger partial charge in [0, 0.05) is 36.9 Å². The van der Waals surface area contributed by atoms with Gasteiger partial charge >= 0.3 is 0 Å². The molecule has 2 amide bonds. The van der Waals surface area contributed by atoms with Crippen LogP contribution in [-0.2, 0) is 33.9 Å². The van der Waals surface area contributed by atoms with Crippen molar-refractivity contribution in [2.45, 2.75) is 83.0 Å². The molecule has 4 aliphatic rings. The Morgan fingerprint density at radius 3 is 2.48 bits per heavy atom. The number of fused-ring (bicyclic) bond motifs is 3. The molecule has 1 saturated carbocycles. The Balaban J connectivity index is 1.18. The first-order valence-corrected chi connectivity index (χ1v) is 17.9. The van der Waals surface area contributed by atoms with Crippen LogP contribution in [0.4, 0.5) is 10.1 Å². The SMILES string of the molecule is CC1(C)Cc2c(c3c(n2-c2cc(F)c(C(N)=O)c(NCC4CCC(C(=O)NCCN5CCCC5)CC4)c2)CCC3)S(=O)(=O)C1. The smallest absolute Gasteiger partial charge is 0.253 e. The number of aromatic nitrogens is 1. The minimum atomic E-state index is -3.48. The Kier molecular flexibility index (Phi) is 8.56. The monoisotopic (exact) mass is 627 g/mol. The van der Waals surface area contributed by atoms with Crippen LogP contribution in [0.1, 0.15) is 86.1 Å². The maximum absolute atomic E-state index is 15.6. The largest absolute Gasteiger partial charge is 0.384 e. The van der Waals surface area contributed by atoms with E-state index in [9.17, 15) is 18.0 Å². The quantitative estimate of drug-likeness (QED) is 0.386. The number of nitrogens with zero attached hydrogens (tertiary/aromatic N) is 2. The van der Waals surface area contributed by atoms with Crippen molar-refractivity contribution in [2.75, 3.05) is 43.8 Å². The zero-order valence-corrected chi connectivity index (χ0v) is 26.8. The maximum Gasteiger partial charge on any atom is 0.253 e. The van der Waals surface area contributed by atoms with Crippen LogP contribution in [0.3, 0.4) is 0 Å². The number of carbonyl (C=O) groups is 2. The summed E-state index contributed by atoms with van der Waals surface area (Å²) in [5, 5.41) is 6.44. The van der Waals surface area contributed by atoms with Crippen LogP contribution < -0.4 is 16.4 Å². The number of nitrogens with one attached hydrogen (secondary N) is 2. The molecule has 1 saturated heterocycles. The lowest BCUT2D eigenvalue weighted by Gasteiger charge is -2.31. The van der Waals surface area contributed by atoms with Gasteiger partial charge in [0.05, 0.1) is 27.6 Å². The average molecular weight is 628 g/mol. The van der Waals surface area contributed by atoms with Crippen LogP contribution >= 0.6 is 0 Å². The lowest BCUT2D eigenvalue weighted by atomic mass is 9.81. The lowest BCUT2D eigenvalue weighted by molar-refractivity contribution is -0.126. The van der Waals surface area contributed by atoms with E-state index in [1.807, 2.05) is 18.4 Å². The van der Waals surface area contributed by atoms with E-state index in [1.54, 1.807) is 6.07 Å². The van der Waals surface area contributed by atoms with Crippen molar-refractivity contribution in [1.82, 2.24) is 14.8 Å². The summed E-state index contributed by atoms with van der Waals surface area (Å²) >= 11 is 0. The Morgan fingerprint density at radius 2 is 1.77 bits per heavy atom. The van der Waals surface area contributed by atoms with Gasteiger partial charge in [-0.2, -0.15) is 0 Å². The summed E-state index contributed by atoms with van der Waals surface area (Å²) in [6.07, 6.45) is 8.61. The minimum Gasteiger partial charge on any atom is -0.384 e. The van der Waals surface area contributed by atoms with E-state index in [2.05, 4.69) is 15.5 Å². The van der Waals surface area contributed by atoms with Crippen LogP contribution in [0.5, 0.6) is 0 Å². The number of anilines is 1. The summed E-state index contributed by atoms with van der Waals surface area (Å²) < 4.78 is 44.4. The van der Waals surface area contributed by atoms with Gasteiger partial charge < -0.3 is 25.8 Å². The summed E-state index contributed by atoms with van der Waals surface area (Å²) in [6.45, 7) is 8.26. The fourth-order valence-electron chi connectivity index (χ4n) is 8.07. The van der Waals surface area contributed by atoms with E-state index in [-0.39, 0.29) is 29.1 Å². The highest BCUT2D eigenvalue weighted by atomic mass is 32.2. The zero-order valence-electron chi connectivity index (χ0n) is 26.0. The van der Waals surface area contributed by atoms with Gasteiger partial charge in [-0.1, -0.05) is 13.8 Å².